The van der Waals surface area contributed by atoms with Crippen LogP contribution in [0.1, 0.15) is 76.8 Å². The van der Waals surface area contributed by atoms with Gasteiger partial charge in [0.25, 0.3) is 0 Å². The van der Waals surface area contributed by atoms with E-state index in [-0.39, 0.29) is 82.2 Å². The van der Waals surface area contributed by atoms with Gasteiger partial charge in [-0.05, 0) is 87.5 Å². The summed E-state index contributed by atoms with van der Waals surface area (Å²) in [6.07, 6.45) is 0.472. The lowest BCUT2D eigenvalue weighted by Gasteiger charge is -2.30. The van der Waals surface area contributed by atoms with Crippen molar-refractivity contribution < 1.29 is 53.7 Å². The zero-order valence-electron chi connectivity index (χ0n) is 38.8. The molecule has 2 aromatic carbocycles. The summed E-state index contributed by atoms with van der Waals surface area (Å²) in [6.45, 7) is 4.80. The van der Waals surface area contributed by atoms with E-state index in [1.807, 2.05) is 30.3 Å². The molecule has 8 atom stereocenters. The first-order chi connectivity index (χ1) is 32.2. The molecule has 2 aliphatic rings. The van der Waals surface area contributed by atoms with Gasteiger partial charge in [0.15, 0.2) is 5.96 Å². The van der Waals surface area contributed by atoms with Crippen LogP contribution in [0.5, 0.6) is 5.75 Å². The normalized spacial score (nSPS) is 18.3. The van der Waals surface area contributed by atoms with Gasteiger partial charge >= 0.3 is 5.97 Å². The monoisotopic (exact) mass is 950 g/mol. The first-order valence-electron chi connectivity index (χ1n) is 22.9. The summed E-state index contributed by atoms with van der Waals surface area (Å²) in [7, 11) is 0. The van der Waals surface area contributed by atoms with Gasteiger partial charge in [-0.25, -0.2) is 4.79 Å². The number of rotatable bonds is 24. The van der Waals surface area contributed by atoms with Gasteiger partial charge in [0.2, 0.25) is 41.4 Å². The minimum Gasteiger partial charge on any atom is -0.508 e. The SMILES string of the molecule is CC(C)C[C@H](NC(=O)[C@H](Cc1ccc(O)cc1)NC(=O)[C@@H](NC(=O)[C@@H]1CCCN1C(=O)[C@@H](N)Cc1ccccc1)[C@@H](C)O)C(=O)NCC(=O)N[C@@H](CCCN=C(N)N)C(=O)N1CCC[C@H]1C(=O)O. The Morgan fingerprint density at radius 1 is 0.735 bits per heavy atom. The zero-order chi connectivity index (χ0) is 50.1. The number of aliphatic carboxylic acids is 1. The molecule has 0 spiro atoms. The van der Waals surface area contributed by atoms with E-state index in [9.17, 15) is 53.7 Å². The van der Waals surface area contributed by atoms with E-state index in [1.54, 1.807) is 13.8 Å². The number of nitrogens with one attached hydrogen (secondary N) is 5. The number of aromatic hydroxyl groups is 1. The highest BCUT2D eigenvalue weighted by atomic mass is 16.4. The van der Waals surface area contributed by atoms with Gasteiger partial charge in [-0.1, -0.05) is 56.3 Å². The Morgan fingerprint density at radius 2 is 1.34 bits per heavy atom. The molecule has 68 heavy (non-hydrogen) atoms. The molecular formula is C46H67N11O11. The number of carbonyl (C=O) groups is 8. The molecule has 2 aromatic rings. The molecule has 372 valence electrons. The van der Waals surface area contributed by atoms with Crippen LogP contribution < -0.4 is 43.8 Å². The van der Waals surface area contributed by atoms with Crippen LogP contribution in [0.4, 0.5) is 0 Å². The van der Waals surface area contributed by atoms with Crippen LogP contribution in [0.2, 0.25) is 0 Å². The van der Waals surface area contributed by atoms with Gasteiger partial charge in [0.1, 0.15) is 42.0 Å². The Hall–Kier alpha value is -6.81. The largest absolute Gasteiger partial charge is 0.508 e. The number of phenols is 1. The zero-order valence-corrected chi connectivity index (χ0v) is 38.8. The molecule has 0 unspecified atom stereocenters. The van der Waals surface area contributed by atoms with Gasteiger partial charge in [-0.15, -0.1) is 0 Å². The number of hydrogen-bond donors (Lipinski definition) is 11. The summed E-state index contributed by atoms with van der Waals surface area (Å²) >= 11 is 0. The van der Waals surface area contributed by atoms with Crippen molar-refractivity contribution in [3.63, 3.8) is 0 Å². The quantitative estimate of drug-likeness (QED) is 0.0312. The van der Waals surface area contributed by atoms with Crippen LogP contribution in [0.25, 0.3) is 0 Å². The average Bonchev–Trinajstić information content (AvgIpc) is 4.00. The second-order valence-corrected chi connectivity index (χ2v) is 17.6. The number of amides is 7. The average molecular weight is 950 g/mol. The number of benzene rings is 2. The van der Waals surface area contributed by atoms with Crippen LogP contribution in [-0.2, 0) is 51.2 Å². The number of nitrogens with two attached hydrogens (primary N) is 3. The fourth-order valence-corrected chi connectivity index (χ4v) is 8.22. The Balaban J connectivity index is 1.46. The number of nitrogens with zero attached hydrogens (tertiary/aromatic N) is 3. The molecule has 0 aromatic heterocycles. The fraction of sp³-hybridized carbons (Fsp3) is 0.543. The van der Waals surface area contributed by atoms with E-state index in [1.165, 1.54) is 41.0 Å². The lowest BCUT2D eigenvalue weighted by molar-refractivity contribution is -0.149. The maximum absolute atomic E-state index is 14.2. The molecule has 2 fully saturated rings. The predicted octanol–water partition coefficient (Wildman–Crippen LogP) is -1.89. The number of guanidine groups is 1. The van der Waals surface area contributed by atoms with E-state index in [0.717, 1.165) is 5.56 Å². The number of carboxylic acid groups (broad SMARTS) is 1. The van der Waals surface area contributed by atoms with Crippen LogP contribution >= 0.6 is 0 Å². The summed E-state index contributed by atoms with van der Waals surface area (Å²) < 4.78 is 0. The van der Waals surface area contributed by atoms with Crippen LogP contribution in [0.3, 0.4) is 0 Å². The summed E-state index contributed by atoms with van der Waals surface area (Å²) in [6, 6.07) is 6.56. The van der Waals surface area contributed by atoms with Crippen molar-refractivity contribution in [2.24, 2.45) is 28.1 Å². The number of carbonyl (C=O) groups excluding carboxylic acids is 7. The predicted molar refractivity (Wildman–Crippen MR) is 249 cm³/mol. The molecule has 2 heterocycles. The molecule has 0 aliphatic carbocycles. The summed E-state index contributed by atoms with van der Waals surface area (Å²) in [5, 5.41) is 43.3. The lowest BCUT2D eigenvalue weighted by Crippen LogP contribution is -2.61. The van der Waals surface area contributed by atoms with Crippen LogP contribution in [-0.4, -0.2) is 153 Å². The van der Waals surface area contributed by atoms with Gasteiger partial charge in [0.05, 0.1) is 18.7 Å². The molecule has 22 heteroatoms. The summed E-state index contributed by atoms with van der Waals surface area (Å²) in [5.74, 6) is -6.67. The van der Waals surface area contributed by atoms with E-state index in [0.29, 0.717) is 18.4 Å². The molecule has 0 saturated carbocycles. The first-order valence-corrected chi connectivity index (χ1v) is 22.9. The molecule has 7 amide bonds. The van der Waals surface area contributed by atoms with E-state index >= 15 is 0 Å². The van der Waals surface area contributed by atoms with Crippen molar-refractivity contribution in [3.8, 4) is 5.75 Å². The summed E-state index contributed by atoms with van der Waals surface area (Å²) in [5.41, 5.74) is 18.4. The maximum Gasteiger partial charge on any atom is 0.326 e. The maximum atomic E-state index is 14.2. The van der Waals surface area contributed by atoms with Gasteiger partial charge in [-0.3, -0.25) is 38.6 Å². The molecule has 0 radical (unpaired) electrons. The second kappa shape index (κ2) is 25.9. The van der Waals surface area contributed by atoms with E-state index < -0.39 is 102 Å². The second-order valence-electron chi connectivity index (χ2n) is 17.6. The third kappa shape index (κ3) is 16.2. The van der Waals surface area contributed by atoms with E-state index in [2.05, 4.69) is 31.6 Å². The Kier molecular flexibility index (Phi) is 20.5. The van der Waals surface area contributed by atoms with Gasteiger partial charge in [-0.2, -0.15) is 0 Å². The van der Waals surface area contributed by atoms with Crippen molar-refractivity contribution in [2.45, 2.75) is 127 Å². The highest BCUT2D eigenvalue weighted by Crippen LogP contribution is 2.21. The smallest absolute Gasteiger partial charge is 0.326 e. The minimum absolute atomic E-state index is 0.0561. The number of aliphatic hydroxyl groups is 1. The molecule has 2 saturated heterocycles. The molecule has 22 nitrogen and oxygen atoms in total. The highest BCUT2D eigenvalue weighted by molar-refractivity contribution is 5.97. The molecular weight excluding hydrogens is 883 g/mol. The minimum atomic E-state index is -1.59. The van der Waals surface area contributed by atoms with Crippen molar-refractivity contribution in [2.75, 3.05) is 26.2 Å². The standard InChI is InChI=1S/C46H67N11O11/c1-26(2)22-33(39(61)51-25-37(60)52-32(12-7-19-50-46(48)49)44(66)57-21-9-14-36(57)45(67)68)53-40(62)34(24-29-15-17-30(59)18-16-29)54-42(64)38(27(3)58)55-41(63)35-13-8-20-56(35)43(65)31(47)23-28-10-5-4-6-11-28/h4-6,10-11,15-18,26-27,31-36,38,58-59H,7-9,12-14,19-25,47H2,1-3H3,(H,51,61)(H,52,60)(H,53,62)(H,54,64)(H,55,63)(H,67,68)(H4,48,49,50)/t27-,31+,32+,33+,34+,35+,36+,38+/m1/s1. The Bertz CT molecular complexity index is 2100. The molecule has 4 rings (SSSR count). The first kappa shape index (κ1) is 53.8. The Labute approximate surface area is 395 Å². The number of phenolic OH excluding ortho intramolecular Hbond substituents is 1. The topological polar surface area (TPSA) is 354 Å². The highest BCUT2D eigenvalue weighted by Gasteiger charge is 2.40. The van der Waals surface area contributed by atoms with Crippen molar-refractivity contribution in [3.05, 3.63) is 65.7 Å². The van der Waals surface area contributed by atoms with E-state index in [4.69, 9.17) is 17.2 Å². The number of hydrogen-bond acceptors (Lipinski definition) is 12. The van der Waals surface area contributed by atoms with Gasteiger partial charge in [0, 0.05) is 26.1 Å². The molecule has 14 N–H and O–H groups in total. The Morgan fingerprint density at radius 3 is 1.94 bits per heavy atom. The molecule has 0 bridgehead atoms. The lowest BCUT2D eigenvalue weighted by atomic mass is 10.0. The third-order valence-electron chi connectivity index (χ3n) is 11.7. The third-order valence-corrected chi connectivity index (χ3v) is 11.7. The molecule has 2 aliphatic heterocycles. The van der Waals surface area contributed by atoms with Crippen LogP contribution in [0.15, 0.2) is 59.6 Å². The van der Waals surface area contributed by atoms with Crippen molar-refractivity contribution in [1.82, 2.24) is 36.4 Å². The number of likely N-dealkylation sites (tertiary alicyclic amines) is 2. The van der Waals surface area contributed by atoms with Gasteiger partial charge < -0.3 is 68.9 Å². The number of aliphatic imine (C=N–C) groups is 1. The fourth-order valence-electron chi connectivity index (χ4n) is 8.22. The summed E-state index contributed by atoms with van der Waals surface area (Å²) in [4.78, 5) is 114. The number of aliphatic hydroxyl groups excluding tert-OH is 1. The van der Waals surface area contributed by atoms with Crippen molar-refractivity contribution in [1.29, 1.82) is 0 Å². The number of carboxylic acids is 1. The van der Waals surface area contributed by atoms with Crippen LogP contribution in [0, 0.1) is 5.92 Å². The van der Waals surface area contributed by atoms with Crippen molar-refractivity contribution >= 4 is 53.3 Å².